The molecule has 2 aromatic rings. The van der Waals surface area contributed by atoms with Gasteiger partial charge in [-0.1, -0.05) is 98.5 Å². The number of rotatable bonds is 12. The van der Waals surface area contributed by atoms with Crippen molar-refractivity contribution in [2.24, 2.45) is 0 Å². The van der Waals surface area contributed by atoms with Crippen molar-refractivity contribution in [2.45, 2.75) is 103 Å². The Morgan fingerprint density at radius 2 is 1.03 bits per heavy atom. The molecule has 0 bridgehead atoms. The topological polar surface area (TPSA) is 9.23 Å². The molecular weight excluding hydrogens is 424 g/mol. The van der Waals surface area contributed by atoms with Gasteiger partial charge in [0.2, 0.25) is 0 Å². The molecule has 35 heavy (non-hydrogen) atoms. The van der Waals surface area contributed by atoms with Gasteiger partial charge in [-0.05, 0) is 98.3 Å². The summed E-state index contributed by atoms with van der Waals surface area (Å²) in [6.45, 7) is 6.26. The van der Waals surface area contributed by atoms with Crippen molar-refractivity contribution in [3.05, 3.63) is 94.1 Å². The van der Waals surface area contributed by atoms with Crippen LogP contribution in [0.5, 0.6) is 0 Å². The van der Waals surface area contributed by atoms with Crippen LogP contribution in [0.3, 0.4) is 0 Å². The molecule has 2 aromatic carbocycles. The average Bonchev–Trinajstić information content (AvgIpc) is 2.91. The van der Waals surface area contributed by atoms with Gasteiger partial charge in [0, 0.05) is 0 Å². The third-order valence-electron chi connectivity index (χ3n) is 8.12. The maximum atomic E-state index is 6.05. The zero-order valence-corrected chi connectivity index (χ0v) is 22.2. The van der Waals surface area contributed by atoms with Gasteiger partial charge in [0.05, 0.1) is 13.2 Å². The average molecular weight is 471 g/mol. The monoisotopic (exact) mass is 470 g/mol. The second kappa shape index (κ2) is 13.8. The molecule has 0 aliphatic heterocycles. The van der Waals surface area contributed by atoms with E-state index in [9.17, 15) is 0 Å². The van der Waals surface area contributed by atoms with Crippen LogP contribution in [0.1, 0.15) is 112 Å². The van der Waals surface area contributed by atoms with E-state index >= 15 is 0 Å². The highest BCUT2D eigenvalue weighted by molar-refractivity contribution is 5.29. The lowest BCUT2D eigenvalue weighted by molar-refractivity contribution is 0.138. The number of allylic oxidation sites excluding steroid dienone is 2. The molecule has 0 spiro atoms. The molecule has 4 rings (SSSR count). The maximum Gasteiger partial charge on any atom is 0.0503 e. The summed E-state index contributed by atoms with van der Waals surface area (Å²) in [7, 11) is 0. The highest BCUT2D eigenvalue weighted by Crippen LogP contribution is 2.34. The Hall–Kier alpha value is -2.12. The summed E-state index contributed by atoms with van der Waals surface area (Å²) in [6.07, 6.45) is 19.5. The minimum Gasteiger partial charge on any atom is -0.381 e. The molecule has 0 saturated heterocycles. The molecule has 0 radical (unpaired) electrons. The molecule has 2 aliphatic carbocycles. The summed E-state index contributed by atoms with van der Waals surface area (Å²) in [5.74, 6) is 1.40. The van der Waals surface area contributed by atoms with Crippen LogP contribution in [0.4, 0.5) is 0 Å². The number of hydrogen-bond acceptors (Lipinski definition) is 1. The zero-order chi connectivity index (χ0) is 24.3. The van der Waals surface area contributed by atoms with Crippen molar-refractivity contribution in [1.82, 2.24) is 0 Å². The van der Waals surface area contributed by atoms with E-state index in [1.807, 2.05) is 0 Å². The van der Waals surface area contributed by atoms with Gasteiger partial charge in [-0.25, -0.2) is 0 Å². The second-order valence-corrected chi connectivity index (χ2v) is 10.8. The Bertz CT molecular complexity index is 868. The molecule has 2 unspecified atom stereocenters. The van der Waals surface area contributed by atoms with E-state index in [4.69, 9.17) is 4.74 Å². The lowest BCUT2D eigenvalue weighted by Crippen LogP contribution is -2.08. The SMILES string of the molecule is CCCc1ccc(C2CC=C(CCOCCC3=CCC(c4ccc(CCC)cc4)CC3)CC2)cc1. The fourth-order valence-electron chi connectivity index (χ4n) is 5.84. The quantitative estimate of drug-likeness (QED) is 0.222. The molecule has 0 N–H and O–H groups in total. The summed E-state index contributed by atoms with van der Waals surface area (Å²) in [4.78, 5) is 0. The molecule has 0 saturated carbocycles. The van der Waals surface area contributed by atoms with Crippen LogP contribution in [-0.4, -0.2) is 13.2 Å². The predicted octanol–water partition coefficient (Wildman–Crippen LogP) is 9.48. The van der Waals surface area contributed by atoms with E-state index in [0.717, 1.165) is 26.1 Å². The summed E-state index contributed by atoms with van der Waals surface area (Å²) in [5, 5.41) is 0. The fraction of sp³-hybridized carbons (Fsp3) is 0.529. The summed E-state index contributed by atoms with van der Waals surface area (Å²) >= 11 is 0. The Labute approximate surface area is 214 Å². The molecule has 0 fully saturated rings. The van der Waals surface area contributed by atoms with Crippen LogP contribution in [-0.2, 0) is 17.6 Å². The van der Waals surface area contributed by atoms with E-state index in [2.05, 4.69) is 74.5 Å². The Morgan fingerprint density at radius 1 is 0.600 bits per heavy atom. The van der Waals surface area contributed by atoms with Gasteiger partial charge in [0.15, 0.2) is 0 Å². The van der Waals surface area contributed by atoms with Crippen molar-refractivity contribution >= 4 is 0 Å². The first-order valence-corrected chi connectivity index (χ1v) is 14.4. The van der Waals surface area contributed by atoms with Crippen LogP contribution in [0, 0.1) is 0 Å². The summed E-state index contributed by atoms with van der Waals surface area (Å²) < 4.78 is 6.05. The van der Waals surface area contributed by atoms with Crippen LogP contribution >= 0.6 is 0 Å². The van der Waals surface area contributed by atoms with E-state index in [1.54, 1.807) is 11.1 Å². The van der Waals surface area contributed by atoms with Crippen LogP contribution in [0.15, 0.2) is 71.8 Å². The lowest BCUT2D eigenvalue weighted by atomic mass is 9.83. The third-order valence-corrected chi connectivity index (χ3v) is 8.12. The fourth-order valence-corrected chi connectivity index (χ4v) is 5.84. The van der Waals surface area contributed by atoms with Crippen molar-refractivity contribution < 1.29 is 4.74 Å². The number of ether oxygens (including phenoxy) is 1. The van der Waals surface area contributed by atoms with Gasteiger partial charge in [-0.2, -0.15) is 0 Å². The van der Waals surface area contributed by atoms with E-state index in [0.29, 0.717) is 11.8 Å². The third kappa shape index (κ3) is 7.94. The van der Waals surface area contributed by atoms with E-state index < -0.39 is 0 Å². The van der Waals surface area contributed by atoms with Gasteiger partial charge in [0.1, 0.15) is 0 Å². The zero-order valence-electron chi connectivity index (χ0n) is 22.2. The minimum absolute atomic E-state index is 0.701. The molecule has 0 amide bonds. The molecular formula is C34H46O. The van der Waals surface area contributed by atoms with Gasteiger partial charge >= 0.3 is 0 Å². The summed E-state index contributed by atoms with van der Waals surface area (Å²) in [6, 6.07) is 18.8. The highest BCUT2D eigenvalue weighted by Gasteiger charge is 2.17. The molecule has 0 heterocycles. The van der Waals surface area contributed by atoms with Crippen molar-refractivity contribution in [3.63, 3.8) is 0 Å². The minimum atomic E-state index is 0.701. The second-order valence-electron chi connectivity index (χ2n) is 10.8. The van der Waals surface area contributed by atoms with Crippen LogP contribution < -0.4 is 0 Å². The van der Waals surface area contributed by atoms with Crippen molar-refractivity contribution in [3.8, 4) is 0 Å². The first-order valence-electron chi connectivity index (χ1n) is 14.4. The van der Waals surface area contributed by atoms with Crippen molar-refractivity contribution in [1.29, 1.82) is 0 Å². The largest absolute Gasteiger partial charge is 0.381 e. The molecule has 1 heteroatoms. The first kappa shape index (κ1) is 26.0. The van der Waals surface area contributed by atoms with Gasteiger partial charge < -0.3 is 4.74 Å². The molecule has 0 aromatic heterocycles. The van der Waals surface area contributed by atoms with Crippen molar-refractivity contribution in [2.75, 3.05) is 13.2 Å². The standard InChI is InChI=1S/C34H46O/c1-3-5-27-7-15-31(16-8-27)33-19-11-29(12-20-33)23-25-35-26-24-30-13-21-34(22-14-30)32-17-9-28(6-4-2)10-18-32/h7-11,13,15-18,33-34H,3-6,12,14,19-26H2,1-2H3. The van der Waals surface area contributed by atoms with E-state index in [1.165, 1.54) is 86.5 Å². The molecule has 1 nitrogen and oxygen atoms in total. The smallest absolute Gasteiger partial charge is 0.0503 e. The van der Waals surface area contributed by atoms with Gasteiger partial charge in [0.25, 0.3) is 0 Å². The maximum absolute atomic E-state index is 6.05. The number of benzene rings is 2. The Morgan fingerprint density at radius 3 is 1.37 bits per heavy atom. The summed E-state index contributed by atoms with van der Waals surface area (Å²) in [5.41, 5.74) is 9.20. The normalized spacial score (nSPS) is 20.4. The molecule has 2 aliphatic rings. The van der Waals surface area contributed by atoms with Gasteiger partial charge in [-0.15, -0.1) is 0 Å². The van der Waals surface area contributed by atoms with Gasteiger partial charge in [-0.3, -0.25) is 0 Å². The van der Waals surface area contributed by atoms with E-state index in [-0.39, 0.29) is 0 Å². The number of aryl methyl sites for hydroxylation is 2. The number of hydrogen-bond donors (Lipinski definition) is 0. The predicted molar refractivity (Wildman–Crippen MR) is 150 cm³/mol. The van der Waals surface area contributed by atoms with Crippen LogP contribution in [0.25, 0.3) is 0 Å². The Balaban J connectivity index is 1.11. The Kier molecular flexibility index (Phi) is 10.3. The highest BCUT2D eigenvalue weighted by atomic mass is 16.5. The first-order chi connectivity index (χ1) is 17.2. The molecule has 188 valence electrons. The van der Waals surface area contributed by atoms with Crippen LogP contribution in [0.2, 0.25) is 0 Å². The lowest BCUT2D eigenvalue weighted by Gasteiger charge is -2.23. The molecule has 2 atom stereocenters.